The highest BCUT2D eigenvalue weighted by Crippen LogP contribution is 2.37. The number of halogens is 3. The van der Waals surface area contributed by atoms with Crippen molar-refractivity contribution in [1.82, 2.24) is 0 Å². The van der Waals surface area contributed by atoms with E-state index in [0.717, 1.165) is 11.5 Å². The first-order chi connectivity index (χ1) is 14.6. The van der Waals surface area contributed by atoms with Crippen LogP contribution in [0, 0.1) is 0 Å². The molecule has 3 aromatic rings. The minimum atomic E-state index is -4.85. The summed E-state index contributed by atoms with van der Waals surface area (Å²) < 4.78 is 67.1. The molecule has 3 aromatic carbocycles. The van der Waals surface area contributed by atoms with Crippen LogP contribution in [0.3, 0.4) is 0 Å². The van der Waals surface area contributed by atoms with Gasteiger partial charge in [0.25, 0.3) is 15.9 Å². The molecule has 5 nitrogen and oxygen atoms in total. The number of rotatable bonds is 6. The topological polar surface area (TPSA) is 75.3 Å². The zero-order chi connectivity index (χ0) is 22.5. The van der Waals surface area contributed by atoms with Crippen molar-refractivity contribution in [2.75, 3.05) is 10.0 Å². The van der Waals surface area contributed by atoms with Crippen molar-refractivity contribution in [3.8, 4) is 0 Å². The Balaban J connectivity index is 1.85. The van der Waals surface area contributed by atoms with Gasteiger partial charge in [0.1, 0.15) is 0 Å². The number of carbonyl (C=O) groups excluding carboxylic acids is 1. The first-order valence-corrected chi connectivity index (χ1v) is 10.5. The molecule has 0 aliphatic carbocycles. The Morgan fingerprint density at radius 1 is 0.871 bits per heavy atom. The third kappa shape index (κ3) is 6.19. The van der Waals surface area contributed by atoms with E-state index in [-0.39, 0.29) is 11.3 Å². The minimum Gasteiger partial charge on any atom is -0.322 e. The van der Waals surface area contributed by atoms with E-state index in [1.165, 1.54) is 24.3 Å². The lowest BCUT2D eigenvalue weighted by Gasteiger charge is -2.16. The molecule has 31 heavy (non-hydrogen) atoms. The van der Waals surface area contributed by atoms with E-state index in [1.807, 2.05) is 4.72 Å². The molecular formula is C22H17F3N2O3S. The van der Waals surface area contributed by atoms with E-state index < -0.39 is 33.4 Å². The van der Waals surface area contributed by atoms with E-state index in [0.29, 0.717) is 11.6 Å². The Hall–Kier alpha value is -3.59. The quantitative estimate of drug-likeness (QED) is 0.535. The van der Waals surface area contributed by atoms with E-state index >= 15 is 0 Å². The van der Waals surface area contributed by atoms with Crippen molar-refractivity contribution in [3.63, 3.8) is 0 Å². The van der Waals surface area contributed by atoms with Gasteiger partial charge in [0, 0.05) is 11.3 Å². The zero-order valence-corrected chi connectivity index (χ0v) is 16.7. The number of anilines is 2. The fourth-order valence-electron chi connectivity index (χ4n) is 2.66. The van der Waals surface area contributed by atoms with Crippen LogP contribution >= 0.6 is 0 Å². The molecule has 0 aromatic heterocycles. The Labute approximate surface area is 177 Å². The van der Waals surface area contributed by atoms with Crippen LogP contribution in [-0.2, 0) is 16.2 Å². The maximum absolute atomic E-state index is 13.5. The molecule has 1 amide bonds. The summed E-state index contributed by atoms with van der Waals surface area (Å²) in [5.74, 6) is -0.590. The lowest BCUT2D eigenvalue weighted by molar-refractivity contribution is -0.136. The Morgan fingerprint density at radius 3 is 2.10 bits per heavy atom. The number of carbonyl (C=O) groups is 1. The summed E-state index contributed by atoms with van der Waals surface area (Å²) in [6, 6.07) is 19.2. The molecule has 0 bridgehead atoms. The van der Waals surface area contributed by atoms with Gasteiger partial charge in [0.15, 0.2) is 0 Å². The van der Waals surface area contributed by atoms with Gasteiger partial charge < -0.3 is 5.32 Å². The number of sulfonamides is 1. The average molecular weight is 446 g/mol. The van der Waals surface area contributed by atoms with Crippen molar-refractivity contribution in [2.24, 2.45) is 0 Å². The molecule has 0 spiro atoms. The van der Waals surface area contributed by atoms with Gasteiger partial charge in [-0.1, -0.05) is 48.5 Å². The first-order valence-electron chi connectivity index (χ1n) is 8.98. The zero-order valence-electron chi connectivity index (χ0n) is 15.9. The molecule has 0 saturated carbocycles. The predicted octanol–water partition coefficient (Wildman–Crippen LogP) is 5.37. The van der Waals surface area contributed by atoms with Gasteiger partial charge in [0.2, 0.25) is 0 Å². The molecule has 0 fully saturated rings. The van der Waals surface area contributed by atoms with Crippen LogP contribution < -0.4 is 10.0 Å². The van der Waals surface area contributed by atoms with Crippen molar-refractivity contribution in [2.45, 2.75) is 6.18 Å². The molecule has 0 aliphatic heterocycles. The third-order valence-corrected chi connectivity index (χ3v) is 5.11. The second-order valence-electron chi connectivity index (χ2n) is 6.44. The fourth-order valence-corrected chi connectivity index (χ4v) is 3.55. The number of hydrogen-bond donors (Lipinski definition) is 2. The van der Waals surface area contributed by atoms with Gasteiger partial charge in [-0.3, -0.25) is 9.52 Å². The van der Waals surface area contributed by atoms with E-state index in [2.05, 4.69) is 5.32 Å². The van der Waals surface area contributed by atoms with Crippen molar-refractivity contribution < 1.29 is 26.4 Å². The average Bonchev–Trinajstić information content (AvgIpc) is 2.74. The van der Waals surface area contributed by atoms with Crippen molar-refractivity contribution in [1.29, 1.82) is 0 Å². The summed E-state index contributed by atoms with van der Waals surface area (Å²) in [5.41, 5.74) is -1.16. The fraction of sp³-hybridized carbons (Fsp3) is 0.0455. The third-order valence-electron chi connectivity index (χ3n) is 4.11. The van der Waals surface area contributed by atoms with Gasteiger partial charge >= 0.3 is 6.18 Å². The van der Waals surface area contributed by atoms with Crippen LogP contribution in [0.1, 0.15) is 21.5 Å². The van der Waals surface area contributed by atoms with E-state index in [1.54, 1.807) is 48.5 Å². The second-order valence-corrected chi connectivity index (χ2v) is 8.01. The Bertz CT molecular complexity index is 1190. The van der Waals surface area contributed by atoms with Crippen LogP contribution in [0.5, 0.6) is 0 Å². The number of benzene rings is 3. The van der Waals surface area contributed by atoms with Crippen LogP contribution in [0.25, 0.3) is 6.08 Å². The maximum atomic E-state index is 13.5. The Kier molecular flexibility index (Phi) is 6.45. The number of nitrogens with one attached hydrogen (secondary N) is 2. The highest BCUT2D eigenvalue weighted by atomic mass is 32.2. The molecule has 0 heterocycles. The van der Waals surface area contributed by atoms with Gasteiger partial charge in [0.05, 0.1) is 16.7 Å². The smallest absolute Gasteiger partial charge is 0.322 e. The minimum absolute atomic E-state index is 0.121. The predicted molar refractivity (Wildman–Crippen MR) is 114 cm³/mol. The summed E-state index contributed by atoms with van der Waals surface area (Å²) in [6.45, 7) is 0. The van der Waals surface area contributed by atoms with Gasteiger partial charge in [-0.25, -0.2) is 8.42 Å². The number of amides is 1. The van der Waals surface area contributed by atoms with E-state index in [9.17, 15) is 26.4 Å². The largest absolute Gasteiger partial charge is 0.418 e. The van der Waals surface area contributed by atoms with Gasteiger partial charge in [-0.05, 0) is 42.0 Å². The highest BCUT2D eigenvalue weighted by Gasteiger charge is 2.34. The highest BCUT2D eigenvalue weighted by molar-refractivity contribution is 7.95. The molecule has 0 aliphatic rings. The van der Waals surface area contributed by atoms with Crippen molar-refractivity contribution in [3.05, 3.63) is 101 Å². The van der Waals surface area contributed by atoms with Gasteiger partial charge in [-0.15, -0.1) is 0 Å². The second kappa shape index (κ2) is 9.05. The Morgan fingerprint density at radius 2 is 1.48 bits per heavy atom. The summed E-state index contributed by atoms with van der Waals surface area (Å²) in [7, 11) is -4.21. The van der Waals surface area contributed by atoms with Crippen LogP contribution in [0.4, 0.5) is 24.5 Å². The van der Waals surface area contributed by atoms with Crippen LogP contribution in [-0.4, -0.2) is 14.3 Å². The summed E-state index contributed by atoms with van der Waals surface area (Å²) in [5, 5.41) is 3.16. The SMILES string of the molecule is O=C(Nc1ccc(NS(=O)(=O)/C=C/c2ccccc2)c(C(F)(F)F)c1)c1ccccc1. The summed E-state index contributed by atoms with van der Waals surface area (Å²) >= 11 is 0. The van der Waals surface area contributed by atoms with Gasteiger partial charge in [-0.2, -0.15) is 13.2 Å². The monoisotopic (exact) mass is 446 g/mol. The molecule has 2 N–H and O–H groups in total. The number of alkyl halides is 3. The standard InChI is InChI=1S/C22H17F3N2O3S/c23-22(24,25)19-15-18(26-21(28)17-9-5-2-6-10-17)11-12-20(19)27-31(29,30)14-13-16-7-3-1-4-8-16/h1-15,27H,(H,26,28)/b14-13+. The maximum Gasteiger partial charge on any atom is 0.418 e. The molecule has 9 heteroatoms. The van der Waals surface area contributed by atoms with Crippen molar-refractivity contribution >= 4 is 33.4 Å². The lowest BCUT2D eigenvalue weighted by Crippen LogP contribution is -2.17. The molecule has 0 saturated heterocycles. The number of hydrogen-bond acceptors (Lipinski definition) is 3. The normalized spacial score (nSPS) is 12.0. The molecule has 160 valence electrons. The summed E-state index contributed by atoms with van der Waals surface area (Å²) in [4.78, 5) is 12.2. The van der Waals surface area contributed by atoms with Crippen LogP contribution in [0.15, 0.2) is 84.3 Å². The van der Waals surface area contributed by atoms with E-state index in [4.69, 9.17) is 0 Å². The molecule has 3 rings (SSSR count). The lowest BCUT2D eigenvalue weighted by atomic mass is 10.1. The van der Waals surface area contributed by atoms with Crippen LogP contribution in [0.2, 0.25) is 0 Å². The first kappa shape index (κ1) is 22.1. The molecule has 0 atom stereocenters. The molecule has 0 radical (unpaired) electrons. The molecular weight excluding hydrogens is 429 g/mol. The summed E-state index contributed by atoms with van der Waals surface area (Å²) in [6.07, 6.45) is -3.58. The molecule has 0 unspecified atom stereocenters.